The normalized spacial score (nSPS) is 13.2. The zero-order valence-electron chi connectivity index (χ0n) is 12.4. The summed E-state index contributed by atoms with van der Waals surface area (Å²) >= 11 is 0. The molecule has 2 rings (SSSR count). The van der Waals surface area contributed by atoms with Crippen molar-refractivity contribution in [3.05, 3.63) is 35.9 Å². The molecule has 1 fully saturated rings. The predicted octanol–water partition coefficient (Wildman–Crippen LogP) is 7.13. The van der Waals surface area contributed by atoms with Gasteiger partial charge in [-0.15, -0.1) is 0 Å². The van der Waals surface area contributed by atoms with Crippen LogP contribution >= 0.6 is 0 Å². The lowest BCUT2D eigenvalue weighted by molar-refractivity contribution is 0.396. The minimum atomic E-state index is 0. The molecule has 0 radical (unpaired) electrons. The van der Waals surface area contributed by atoms with Crippen molar-refractivity contribution in [3.63, 3.8) is 0 Å². The van der Waals surface area contributed by atoms with Crippen LogP contribution in [-0.2, 0) is 0 Å². The van der Waals surface area contributed by atoms with Gasteiger partial charge in [-0.2, -0.15) is 0 Å². The van der Waals surface area contributed by atoms with Gasteiger partial charge in [0.2, 0.25) is 0 Å². The Morgan fingerprint density at radius 1 is 0.895 bits per heavy atom. The van der Waals surface area contributed by atoms with Crippen LogP contribution in [0.1, 0.15) is 73.8 Å². The molecule has 0 spiro atoms. The summed E-state index contributed by atoms with van der Waals surface area (Å²) in [5.74, 6) is 2.01. The number of aryl methyl sites for hydroxylation is 1. The van der Waals surface area contributed by atoms with E-state index in [1.54, 1.807) is 0 Å². The minimum Gasteiger partial charge on any atom is -0.0776 e. The fourth-order valence-corrected chi connectivity index (χ4v) is 2.16. The van der Waals surface area contributed by atoms with Crippen LogP contribution in [0.2, 0.25) is 0 Å². The van der Waals surface area contributed by atoms with E-state index in [0.29, 0.717) is 0 Å². The molecule has 1 aromatic carbocycles. The van der Waals surface area contributed by atoms with Crippen molar-refractivity contribution in [1.29, 1.82) is 0 Å². The second kappa shape index (κ2) is 15.3. The quantitative estimate of drug-likeness (QED) is 0.507. The highest BCUT2D eigenvalue weighted by Gasteiger charge is 2.17. The van der Waals surface area contributed by atoms with E-state index in [1.165, 1.54) is 31.2 Å². The molecule has 0 heterocycles. The van der Waals surface area contributed by atoms with Gasteiger partial charge in [0.15, 0.2) is 0 Å². The first-order valence-electron chi connectivity index (χ1n) is 7.22. The summed E-state index contributed by atoms with van der Waals surface area (Å²) in [6, 6.07) is 10.3. The van der Waals surface area contributed by atoms with Crippen molar-refractivity contribution in [3.8, 4) is 0 Å². The topological polar surface area (TPSA) is 0 Å². The molecule has 0 saturated heterocycles. The van der Waals surface area contributed by atoms with E-state index in [4.69, 9.17) is 0 Å². The summed E-state index contributed by atoms with van der Waals surface area (Å²) < 4.78 is 0. The van der Waals surface area contributed by atoms with Crippen molar-refractivity contribution >= 4 is 0 Å². The first-order chi connectivity index (χ1) is 8.20. The Bertz CT molecular complexity index is 242. The fraction of sp³-hybridized carbons (Fsp3) is 0.684. The van der Waals surface area contributed by atoms with Gasteiger partial charge >= 0.3 is 0 Å². The van der Waals surface area contributed by atoms with E-state index in [9.17, 15) is 0 Å². The number of benzene rings is 1. The summed E-state index contributed by atoms with van der Waals surface area (Å²) in [6.07, 6.45) is 5.97. The van der Waals surface area contributed by atoms with Gasteiger partial charge in [-0.05, 0) is 18.8 Å². The van der Waals surface area contributed by atoms with Gasteiger partial charge in [0, 0.05) is 0 Å². The Morgan fingerprint density at radius 3 is 1.53 bits per heavy atom. The van der Waals surface area contributed by atoms with Gasteiger partial charge in [-0.1, -0.05) is 104 Å². The van der Waals surface area contributed by atoms with E-state index >= 15 is 0 Å². The minimum absolute atomic E-state index is 0. The molecule has 0 aromatic heterocycles. The van der Waals surface area contributed by atoms with Crippen LogP contribution < -0.4 is 0 Å². The molecule has 19 heavy (non-hydrogen) atoms. The van der Waals surface area contributed by atoms with Crippen LogP contribution in [0.4, 0.5) is 0 Å². The van der Waals surface area contributed by atoms with Crippen LogP contribution in [0.3, 0.4) is 0 Å². The van der Waals surface area contributed by atoms with Crippen LogP contribution in [0.15, 0.2) is 30.3 Å². The molecule has 1 saturated carbocycles. The lowest BCUT2D eigenvalue weighted by Gasteiger charge is -2.11. The van der Waals surface area contributed by atoms with Gasteiger partial charge < -0.3 is 0 Å². The second-order valence-corrected chi connectivity index (χ2v) is 4.94. The van der Waals surface area contributed by atoms with Gasteiger partial charge in [-0.25, -0.2) is 0 Å². The second-order valence-electron chi connectivity index (χ2n) is 4.94. The van der Waals surface area contributed by atoms with Gasteiger partial charge in [0.1, 0.15) is 0 Å². The summed E-state index contributed by atoms with van der Waals surface area (Å²) in [5, 5.41) is 0. The van der Waals surface area contributed by atoms with Crippen LogP contribution in [0, 0.1) is 18.8 Å². The van der Waals surface area contributed by atoms with Gasteiger partial charge in [0.25, 0.3) is 0 Å². The van der Waals surface area contributed by atoms with Crippen molar-refractivity contribution in [2.75, 3.05) is 0 Å². The Labute approximate surface area is 123 Å². The van der Waals surface area contributed by atoms with Crippen LogP contribution in [0.5, 0.6) is 0 Å². The van der Waals surface area contributed by atoms with E-state index in [1.807, 2.05) is 32.0 Å². The summed E-state index contributed by atoms with van der Waals surface area (Å²) in [5.41, 5.74) is 1.32. The van der Waals surface area contributed by atoms with Crippen molar-refractivity contribution in [2.45, 2.75) is 75.2 Å². The molecule has 0 nitrogen and oxygen atoms in total. The average Bonchev–Trinajstić information content (AvgIpc) is 2.87. The third kappa shape index (κ3) is 12.0. The van der Waals surface area contributed by atoms with Crippen molar-refractivity contribution < 1.29 is 0 Å². The molecule has 0 unspecified atom stereocenters. The molecular formula is C19H38. The SMILES string of the molecule is C.C.CC.CC(C)C1CCCC1.Cc1ccccc1. The lowest BCUT2D eigenvalue weighted by atomic mass is 9.95. The summed E-state index contributed by atoms with van der Waals surface area (Å²) in [6.45, 7) is 10.8. The maximum absolute atomic E-state index is 2.34. The summed E-state index contributed by atoms with van der Waals surface area (Å²) in [7, 11) is 0. The van der Waals surface area contributed by atoms with Gasteiger partial charge in [0.05, 0.1) is 0 Å². The van der Waals surface area contributed by atoms with E-state index in [0.717, 1.165) is 11.8 Å². The Kier molecular flexibility index (Phi) is 18.8. The zero-order valence-corrected chi connectivity index (χ0v) is 12.4. The standard InChI is InChI=1S/C8H16.C7H8.C2H6.2CH4/c1-7(2)8-5-3-4-6-8;1-7-5-3-2-4-6-7;1-2;;/h7-8H,3-6H2,1-2H3;2-6H,1H3;1-2H3;2*1H4. The van der Waals surface area contributed by atoms with Crippen LogP contribution in [-0.4, -0.2) is 0 Å². The number of hydrogen-bond donors (Lipinski definition) is 0. The highest BCUT2D eigenvalue weighted by molar-refractivity contribution is 5.11. The predicted molar refractivity (Wildman–Crippen MR) is 92.8 cm³/mol. The van der Waals surface area contributed by atoms with Crippen molar-refractivity contribution in [1.82, 2.24) is 0 Å². The molecule has 0 atom stereocenters. The number of hydrogen-bond acceptors (Lipinski definition) is 0. The number of rotatable bonds is 1. The molecule has 1 aliphatic carbocycles. The maximum Gasteiger partial charge on any atom is -0.0391 e. The van der Waals surface area contributed by atoms with E-state index in [-0.39, 0.29) is 14.9 Å². The Morgan fingerprint density at radius 2 is 1.32 bits per heavy atom. The molecule has 0 bridgehead atoms. The van der Waals surface area contributed by atoms with Gasteiger partial charge in [-0.3, -0.25) is 0 Å². The molecule has 1 aromatic rings. The maximum atomic E-state index is 2.34. The molecule has 0 heteroatoms. The monoisotopic (exact) mass is 266 g/mol. The third-order valence-electron chi connectivity index (χ3n) is 3.28. The first-order valence-corrected chi connectivity index (χ1v) is 7.22. The average molecular weight is 267 g/mol. The Hall–Kier alpha value is -0.780. The smallest absolute Gasteiger partial charge is 0.0391 e. The molecular weight excluding hydrogens is 228 g/mol. The van der Waals surface area contributed by atoms with Crippen LogP contribution in [0.25, 0.3) is 0 Å². The zero-order chi connectivity index (χ0) is 13.1. The molecule has 0 amide bonds. The molecule has 0 aliphatic heterocycles. The van der Waals surface area contributed by atoms with E-state index in [2.05, 4.69) is 32.9 Å². The highest BCUT2D eigenvalue weighted by atomic mass is 14.2. The molecule has 1 aliphatic rings. The van der Waals surface area contributed by atoms with E-state index < -0.39 is 0 Å². The first kappa shape index (κ1) is 23.3. The highest BCUT2D eigenvalue weighted by Crippen LogP contribution is 2.30. The third-order valence-corrected chi connectivity index (χ3v) is 3.28. The Balaban J connectivity index is -0.000000219. The lowest BCUT2D eigenvalue weighted by Crippen LogP contribution is -2.01. The summed E-state index contributed by atoms with van der Waals surface area (Å²) in [4.78, 5) is 0. The molecule has 0 N–H and O–H groups in total. The fourth-order valence-electron chi connectivity index (χ4n) is 2.16. The largest absolute Gasteiger partial charge is 0.0776 e. The molecule has 114 valence electrons. The van der Waals surface area contributed by atoms with Crippen molar-refractivity contribution in [2.24, 2.45) is 11.8 Å².